The van der Waals surface area contributed by atoms with Crippen LogP contribution in [0, 0.1) is 0 Å². The fraction of sp³-hybridized carbons (Fsp3) is 0.167. The maximum absolute atomic E-state index is 12.3. The average Bonchev–Trinajstić information content (AvgIpc) is 3.16. The van der Waals surface area contributed by atoms with Crippen molar-refractivity contribution in [1.29, 1.82) is 0 Å². The summed E-state index contributed by atoms with van der Waals surface area (Å²) in [6.07, 6.45) is 1.69. The van der Waals surface area contributed by atoms with E-state index in [4.69, 9.17) is 9.52 Å². The molecule has 0 aliphatic carbocycles. The third-order valence-corrected chi connectivity index (χ3v) is 4.51. The number of thioether (sulfide) groups is 1. The van der Waals surface area contributed by atoms with Crippen LogP contribution >= 0.6 is 11.8 Å². The molecule has 1 fully saturated rings. The minimum absolute atomic E-state index is 0.0839. The van der Waals surface area contributed by atoms with Crippen LogP contribution in [-0.4, -0.2) is 33.7 Å². The van der Waals surface area contributed by atoms with Crippen LogP contribution in [0.25, 0.3) is 17.4 Å². The van der Waals surface area contributed by atoms with Gasteiger partial charge in [-0.2, -0.15) is 0 Å². The predicted octanol–water partition coefficient (Wildman–Crippen LogP) is 3.85. The van der Waals surface area contributed by atoms with Gasteiger partial charge in [0.15, 0.2) is 0 Å². The summed E-state index contributed by atoms with van der Waals surface area (Å²) in [6, 6.07) is 13.1. The number of hydrogen-bond acceptors (Lipinski definition) is 5. The number of imide groups is 1. The molecule has 0 spiro atoms. The number of carboxylic acids is 1. The van der Waals surface area contributed by atoms with Crippen LogP contribution in [0.3, 0.4) is 0 Å². The van der Waals surface area contributed by atoms with E-state index in [-0.39, 0.29) is 24.3 Å². The highest BCUT2D eigenvalue weighted by Crippen LogP contribution is 2.33. The van der Waals surface area contributed by atoms with Crippen molar-refractivity contribution < 1.29 is 23.9 Å². The highest BCUT2D eigenvalue weighted by molar-refractivity contribution is 8.18. The fourth-order valence-corrected chi connectivity index (χ4v) is 3.24. The van der Waals surface area contributed by atoms with Crippen LogP contribution in [0.5, 0.6) is 0 Å². The first kappa shape index (κ1) is 17.0. The van der Waals surface area contributed by atoms with Gasteiger partial charge in [0, 0.05) is 24.6 Å². The molecule has 1 aromatic heterocycles. The van der Waals surface area contributed by atoms with Crippen molar-refractivity contribution in [3.05, 3.63) is 53.1 Å². The number of rotatable bonds is 6. The smallest absolute Gasteiger partial charge is 0.303 e. The molecule has 0 saturated carbocycles. The van der Waals surface area contributed by atoms with Gasteiger partial charge in [0.05, 0.1) is 4.91 Å². The van der Waals surface area contributed by atoms with E-state index in [2.05, 4.69) is 0 Å². The monoisotopic (exact) mass is 357 g/mol. The highest BCUT2D eigenvalue weighted by Gasteiger charge is 2.34. The van der Waals surface area contributed by atoms with Crippen molar-refractivity contribution in [3.8, 4) is 11.3 Å². The van der Waals surface area contributed by atoms with E-state index in [0.717, 1.165) is 22.2 Å². The minimum Gasteiger partial charge on any atom is -0.481 e. The van der Waals surface area contributed by atoms with Crippen LogP contribution in [0.15, 0.2) is 51.8 Å². The van der Waals surface area contributed by atoms with Gasteiger partial charge in [0.2, 0.25) is 0 Å². The molecule has 2 heterocycles. The van der Waals surface area contributed by atoms with Crippen molar-refractivity contribution >= 4 is 35.0 Å². The summed E-state index contributed by atoms with van der Waals surface area (Å²) in [5.74, 6) is -0.216. The summed E-state index contributed by atoms with van der Waals surface area (Å²) in [7, 11) is 0. The number of benzene rings is 1. The maximum atomic E-state index is 12.3. The molecule has 6 nitrogen and oxygen atoms in total. The van der Waals surface area contributed by atoms with Crippen molar-refractivity contribution in [2.45, 2.75) is 12.8 Å². The lowest BCUT2D eigenvalue weighted by Gasteiger charge is -2.10. The number of nitrogens with zero attached hydrogens (tertiary/aromatic N) is 1. The topological polar surface area (TPSA) is 87.8 Å². The van der Waals surface area contributed by atoms with Gasteiger partial charge >= 0.3 is 5.97 Å². The molecule has 2 amide bonds. The standard InChI is InChI=1S/C18H15NO5S/c20-16(21)7-4-10-19-17(22)15(25-18(19)23)11-13-8-9-14(24-13)12-5-2-1-3-6-12/h1-3,5-6,8-9,11H,4,7,10H2,(H,20,21)/b15-11-. The van der Waals surface area contributed by atoms with Gasteiger partial charge in [-0.25, -0.2) is 0 Å². The lowest BCUT2D eigenvalue weighted by molar-refractivity contribution is -0.137. The van der Waals surface area contributed by atoms with Gasteiger partial charge in [0.25, 0.3) is 11.1 Å². The number of hydrogen-bond donors (Lipinski definition) is 1. The normalized spacial score (nSPS) is 16.0. The molecule has 7 heteroatoms. The minimum atomic E-state index is -0.952. The third kappa shape index (κ3) is 4.00. The van der Waals surface area contributed by atoms with Crippen LogP contribution in [0.2, 0.25) is 0 Å². The lowest BCUT2D eigenvalue weighted by Crippen LogP contribution is -2.29. The quantitative estimate of drug-likeness (QED) is 0.790. The zero-order chi connectivity index (χ0) is 17.8. The zero-order valence-electron chi connectivity index (χ0n) is 13.2. The van der Waals surface area contributed by atoms with E-state index in [1.165, 1.54) is 6.08 Å². The number of amides is 2. The Labute approximate surface area is 148 Å². The molecular weight excluding hydrogens is 342 g/mol. The second kappa shape index (κ2) is 7.40. The van der Waals surface area contributed by atoms with E-state index in [1.54, 1.807) is 12.1 Å². The Morgan fingerprint density at radius 3 is 2.64 bits per heavy atom. The molecule has 1 aliphatic rings. The first-order valence-electron chi connectivity index (χ1n) is 7.67. The summed E-state index contributed by atoms with van der Waals surface area (Å²) in [5.41, 5.74) is 0.920. The van der Waals surface area contributed by atoms with Gasteiger partial charge in [-0.3, -0.25) is 19.3 Å². The number of aliphatic carboxylic acids is 1. The number of carbonyl (C=O) groups is 3. The summed E-state index contributed by atoms with van der Waals surface area (Å²) < 4.78 is 5.71. The first-order valence-corrected chi connectivity index (χ1v) is 8.48. The van der Waals surface area contributed by atoms with Gasteiger partial charge in [-0.15, -0.1) is 0 Å². The predicted molar refractivity (Wildman–Crippen MR) is 93.7 cm³/mol. The average molecular weight is 357 g/mol. The Morgan fingerprint density at radius 2 is 1.92 bits per heavy atom. The van der Waals surface area contributed by atoms with Crippen LogP contribution in [0.4, 0.5) is 4.79 Å². The Bertz CT molecular complexity index is 840. The van der Waals surface area contributed by atoms with Crippen molar-refractivity contribution in [2.24, 2.45) is 0 Å². The highest BCUT2D eigenvalue weighted by atomic mass is 32.2. The van der Waals surface area contributed by atoms with Gasteiger partial charge in [-0.05, 0) is 30.3 Å². The molecule has 3 rings (SSSR count). The SMILES string of the molecule is O=C(O)CCCN1C(=O)S/C(=C\c2ccc(-c3ccccc3)o2)C1=O. The van der Waals surface area contributed by atoms with Crippen LogP contribution in [-0.2, 0) is 9.59 Å². The van der Waals surface area contributed by atoms with Gasteiger partial charge in [-0.1, -0.05) is 30.3 Å². The van der Waals surface area contributed by atoms with Crippen molar-refractivity contribution in [3.63, 3.8) is 0 Å². The van der Waals surface area contributed by atoms with E-state index in [1.807, 2.05) is 30.3 Å². The van der Waals surface area contributed by atoms with E-state index >= 15 is 0 Å². The fourth-order valence-electron chi connectivity index (χ4n) is 2.40. The van der Waals surface area contributed by atoms with E-state index in [0.29, 0.717) is 11.5 Å². The summed E-state index contributed by atoms with van der Waals surface area (Å²) in [5, 5.41) is 8.25. The molecule has 0 atom stereocenters. The molecule has 2 aromatic rings. The molecule has 1 N–H and O–H groups in total. The van der Waals surface area contributed by atoms with Gasteiger partial charge in [0.1, 0.15) is 11.5 Å². The Morgan fingerprint density at radius 1 is 1.16 bits per heavy atom. The Hall–Kier alpha value is -2.80. The molecular formula is C18H15NO5S. The molecule has 1 saturated heterocycles. The van der Waals surface area contributed by atoms with Crippen molar-refractivity contribution in [1.82, 2.24) is 4.90 Å². The second-order valence-electron chi connectivity index (χ2n) is 5.40. The van der Waals surface area contributed by atoms with Crippen molar-refractivity contribution in [2.75, 3.05) is 6.54 Å². The summed E-state index contributed by atoms with van der Waals surface area (Å²) >= 11 is 0.832. The zero-order valence-corrected chi connectivity index (χ0v) is 14.0. The first-order chi connectivity index (χ1) is 12.0. The number of furan rings is 1. The third-order valence-electron chi connectivity index (χ3n) is 3.60. The lowest BCUT2D eigenvalue weighted by atomic mass is 10.2. The number of carboxylic acid groups (broad SMARTS) is 1. The maximum Gasteiger partial charge on any atom is 0.303 e. The van der Waals surface area contributed by atoms with Crippen LogP contribution in [0.1, 0.15) is 18.6 Å². The molecule has 0 bridgehead atoms. The molecule has 1 aromatic carbocycles. The summed E-state index contributed by atoms with van der Waals surface area (Å²) in [6.45, 7) is 0.0989. The summed E-state index contributed by atoms with van der Waals surface area (Å²) in [4.78, 5) is 36.1. The molecule has 128 valence electrons. The molecule has 25 heavy (non-hydrogen) atoms. The Kier molecular flexibility index (Phi) is 5.04. The number of carbonyl (C=O) groups excluding carboxylic acids is 2. The van der Waals surface area contributed by atoms with E-state index < -0.39 is 17.1 Å². The largest absolute Gasteiger partial charge is 0.481 e. The Balaban J connectivity index is 1.72. The van der Waals surface area contributed by atoms with E-state index in [9.17, 15) is 14.4 Å². The molecule has 1 aliphatic heterocycles. The van der Waals surface area contributed by atoms with Gasteiger partial charge < -0.3 is 9.52 Å². The van der Waals surface area contributed by atoms with Crippen LogP contribution < -0.4 is 0 Å². The molecule has 0 unspecified atom stereocenters. The second-order valence-corrected chi connectivity index (χ2v) is 6.39. The molecule has 0 radical (unpaired) electrons.